The van der Waals surface area contributed by atoms with Crippen molar-refractivity contribution in [3.05, 3.63) is 99.5 Å². The Morgan fingerprint density at radius 3 is 2.53 bits per heavy atom. The molecule has 0 aliphatic carbocycles. The van der Waals surface area contributed by atoms with Gasteiger partial charge in [0.1, 0.15) is 19.0 Å². The predicted octanol–water partition coefficient (Wildman–Crippen LogP) is 6.41. The average Bonchev–Trinajstić information content (AvgIpc) is 2.84. The zero-order chi connectivity index (χ0) is 24.3. The Morgan fingerprint density at radius 1 is 1.03 bits per heavy atom. The van der Waals surface area contributed by atoms with Crippen molar-refractivity contribution >= 4 is 39.7 Å². The standard InChI is InChI=1S/C26H24BrClN2O4/c1-3-13-33-24-11-7-19(15-25(24)32-4-2)26(31)30-29-16-20-14-21(27)8-12-23(20)34-17-18-5-9-22(28)10-6-18/h3,5-12,14-16H,1,4,13,17H2,2H3,(H,30,31)/b29-16+. The van der Waals surface area contributed by atoms with Crippen LogP contribution >= 0.6 is 27.5 Å². The Balaban J connectivity index is 1.68. The van der Waals surface area contributed by atoms with Crippen molar-refractivity contribution in [2.45, 2.75) is 13.5 Å². The van der Waals surface area contributed by atoms with Crippen LogP contribution < -0.4 is 19.6 Å². The van der Waals surface area contributed by atoms with E-state index >= 15 is 0 Å². The highest BCUT2D eigenvalue weighted by molar-refractivity contribution is 9.10. The predicted molar refractivity (Wildman–Crippen MR) is 138 cm³/mol. The van der Waals surface area contributed by atoms with Gasteiger partial charge in [0.2, 0.25) is 0 Å². The number of amides is 1. The molecule has 0 atom stereocenters. The summed E-state index contributed by atoms with van der Waals surface area (Å²) in [7, 11) is 0. The van der Waals surface area contributed by atoms with Gasteiger partial charge in [-0.3, -0.25) is 4.79 Å². The Bertz CT molecular complexity index is 1170. The number of carbonyl (C=O) groups is 1. The third-order valence-corrected chi connectivity index (χ3v) is 5.26. The highest BCUT2D eigenvalue weighted by Gasteiger charge is 2.11. The molecule has 3 rings (SSSR count). The zero-order valence-corrected chi connectivity index (χ0v) is 20.9. The van der Waals surface area contributed by atoms with Gasteiger partial charge in [0.05, 0.1) is 12.8 Å². The Labute approximate surface area is 212 Å². The maximum Gasteiger partial charge on any atom is 0.271 e. The van der Waals surface area contributed by atoms with Crippen molar-refractivity contribution in [2.75, 3.05) is 13.2 Å². The number of hydrazone groups is 1. The minimum absolute atomic E-state index is 0.338. The van der Waals surface area contributed by atoms with Gasteiger partial charge in [0.15, 0.2) is 11.5 Å². The van der Waals surface area contributed by atoms with Crippen LogP contribution in [0.15, 0.2) is 82.9 Å². The highest BCUT2D eigenvalue weighted by atomic mass is 79.9. The zero-order valence-electron chi connectivity index (χ0n) is 18.6. The number of carbonyl (C=O) groups excluding carboxylic acids is 1. The van der Waals surface area contributed by atoms with Crippen LogP contribution in [0.5, 0.6) is 17.2 Å². The Morgan fingerprint density at radius 2 is 1.79 bits per heavy atom. The van der Waals surface area contributed by atoms with Crippen LogP contribution in [-0.2, 0) is 6.61 Å². The number of halogens is 2. The first-order valence-corrected chi connectivity index (χ1v) is 11.7. The topological polar surface area (TPSA) is 69.2 Å². The third kappa shape index (κ3) is 7.37. The van der Waals surface area contributed by atoms with Crippen LogP contribution in [0.3, 0.4) is 0 Å². The molecule has 0 unspecified atom stereocenters. The van der Waals surface area contributed by atoms with Crippen LogP contribution in [0.2, 0.25) is 5.02 Å². The minimum Gasteiger partial charge on any atom is -0.490 e. The molecule has 0 fully saturated rings. The van der Waals surface area contributed by atoms with E-state index in [4.69, 9.17) is 25.8 Å². The van der Waals surface area contributed by atoms with Crippen molar-refractivity contribution in [2.24, 2.45) is 5.10 Å². The van der Waals surface area contributed by atoms with Crippen molar-refractivity contribution < 1.29 is 19.0 Å². The first-order valence-electron chi connectivity index (χ1n) is 10.5. The van der Waals surface area contributed by atoms with Crippen molar-refractivity contribution in [3.63, 3.8) is 0 Å². The van der Waals surface area contributed by atoms with Crippen LogP contribution in [0, 0.1) is 0 Å². The van der Waals surface area contributed by atoms with E-state index in [9.17, 15) is 4.79 Å². The summed E-state index contributed by atoms with van der Waals surface area (Å²) in [5.74, 6) is 1.26. The molecule has 1 amide bonds. The van der Waals surface area contributed by atoms with E-state index < -0.39 is 0 Å². The molecule has 3 aromatic rings. The average molecular weight is 544 g/mol. The van der Waals surface area contributed by atoms with E-state index in [0.29, 0.717) is 53.2 Å². The summed E-state index contributed by atoms with van der Waals surface area (Å²) >= 11 is 9.39. The van der Waals surface area contributed by atoms with Crippen molar-refractivity contribution in [1.29, 1.82) is 0 Å². The van der Waals surface area contributed by atoms with Gasteiger partial charge in [-0.15, -0.1) is 0 Å². The van der Waals surface area contributed by atoms with E-state index in [1.165, 1.54) is 6.21 Å². The molecule has 0 aliphatic rings. The van der Waals surface area contributed by atoms with Crippen LogP contribution in [0.4, 0.5) is 0 Å². The second-order valence-electron chi connectivity index (χ2n) is 6.99. The number of hydrogen-bond acceptors (Lipinski definition) is 5. The van der Waals surface area contributed by atoms with Gasteiger partial charge in [-0.2, -0.15) is 5.10 Å². The molecule has 176 valence electrons. The highest BCUT2D eigenvalue weighted by Crippen LogP contribution is 2.28. The van der Waals surface area contributed by atoms with E-state index in [-0.39, 0.29) is 5.91 Å². The SMILES string of the molecule is C=CCOc1ccc(C(=O)N/N=C/c2cc(Br)ccc2OCc2ccc(Cl)cc2)cc1OCC. The Hall–Kier alpha value is -3.29. The fraction of sp³-hybridized carbons (Fsp3) is 0.154. The van der Waals surface area contributed by atoms with Gasteiger partial charge in [-0.05, 0) is 61.0 Å². The summed E-state index contributed by atoms with van der Waals surface area (Å²) in [6.07, 6.45) is 3.17. The lowest BCUT2D eigenvalue weighted by Crippen LogP contribution is -2.18. The monoisotopic (exact) mass is 542 g/mol. The molecule has 0 heterocycles. The number of nitrogens with one attached hydrogen (secondary N) is 1. The summed E-state index contributed by atoms with van der Waals surface area (Å²) in [4.78, 5) is 12.6. The lowest BCUT2D eigenvalue weighted by molar-refractivity contribution is 0.0954. The molecular formula is C26H24BrClN2O4. The lowest BCUT2D eigenvalue weighted by atomic mass is 10.2. The lowest BCUT2D eigenvalue weighted by Gasteiger charge is -2.12. The summed E-state index contributed by atoms with van der Waals surface area (Å²) in [5.41, 5.74) is 4.61. The fourth-order valence-corrected chi connectivity index (χ4v) is 3.41. The van der Waals surface area contributed by atoms with E-state index in [1.807, 2.05) is 49.4 Å². The van der Waals surface area contributed by atoms with E-state index in [1.54, 1.807) is 24.3 Å². The van der Waals surface area contributed by atoms with Gasteiger partial charge in [0.25, 0.3) is 5.91 Å². The summed E-state index contributed by atoms with van der Waals surface area (Å²) < 4.78 is 18.0. The van der Waals surface area contributed by atoms with Crippen molar-refractivity contribution in [1.82, 2.24) is 5.43 Å². The Kier molecular flexibility index (Phi) is 9.55. The molecule has 0 saturated carbocycles. The molecule has 34 heavy (non-hydrogen) atoms. The first-order chi connectivity index (χ1) is 16.5. The maximum absolute atomic E-state index is 12.6. The van der Waals surface area contributed by atoms with Gasteiger partial charge >= 0.3 is 0 Å². The van der Waals surface area contributed by atoms with E-state index in [0.717, 1.165) is 10.0 Å². The minimum atomic E-state index is -0.383. The van der Waals surface area contributed by atoms with Gasteiger partial charge in [-0.25, -0.2) is 5.43 Å². The van der Waals surface area contributed by atoms with Crippen LogP contribution in [-0.4, -0.2) is 25.3 Å². The molecule has 0 bridgehead atoms. The molecule has 0 saturated heterocycles. The summed E-state index contributed by atoms with van der Waals surface area (Å²) in [6, 6.07) is 17.9. The van der Waals surface area contributed by atoms with Crippen molar-refractivity contribution in [3.8, 4) is 17.2 Å². The third-order valence-electron chi connectivity index (χ3n) is 4.51. The maximum atomic E-state index is 12.6. The largest absolute Gasteiger partial charge is 0.490 e. The molecular weight excluding hydrogens is 520 g/mol. The normalized spacial score (nSPS) is 10.7. The number of nitrogens with zero attached hydrogens (tertiary/aromatic N) is 1. The molecule has 0 aromatic heterocycles. The smallest absolute Gasteiger partial charge is 0.271 e. The second-order valence-corrected chi connectivity index (χ2v) is 8.34. The molecule has 1 N–H and O–H groups in total. The molecule has 0 radical (unpaired) electrons. The van der Waals surface area contributed by atoms with Crippen LogP contribution in [0.1, 0.15) is 28.4 Å². The summed E-state index contributed by atoms with van der Waals surface area (Å²) in [6.45, 7) is 6.64. The molecule has 3 aromatic carbocycles. The number of ether oxygens (including phenoxy) is 3. The first kappa shape index (κ1) is 25.3. The van der Waals surface area contributed by atoms with Gasteiger partial charge < -0.3 is 14.2 Å². The quantitative estimate of drug-likeness (QED) is 0.172. The number of rotatable bonds is 11. The molecule has 0 aliphatic heterocycles. The van der Waals surface area contributed by atoms with E-state index in [2.05, 4.69) is 33.0 Å². The number of benzene rings is 3. The molecule has 8 heteroatoms. The fourth-order valence-electron chi connectivity index (χ4n) is 2.90. The van der Waals surface area contributed by atoms with Gasteiger partial charge in [-0.1, -0.05) is 52.3 Å². The van der Waals surface area contributed by atoms with Crippen LogP contribution in [0.25, 0.3) is 0 Å². The summed E-state index contributed by atoms with van der Waals surface area (Å²) in [5, 5.41) is 4.78. The molecule has 6 nitrogen and oxygen atoms in total. The van der Waals surface area contributed by atoms with Gasteiger partial charge in [0, 0.05) is 20.6 Å². The number of hydrogen-bond donors (Lipinski definition) is 1. The molecule has 0 spiro atoms. The second kappa shape index (κ2) is 12.8.